The number of hydrogen-bond donors (Lipinski definition) is 3. The molecule has 0 atom stereocenters. The van der Waals surface area contributed by atoms with Crippen molar-refractivity contribution >= 4 is 0 Å². The zero-order valence-corrected chi connectivity index (χ0v) is 7.37. The second-order valence-corrected chi connectivity index (χ2v) is 2.31. The van der Waals surface area contributed by atoms with Crippen molar-refractivity contribution in [3.05, 3.63) is 35.9 Å². The van der Waals surface area contributed by atoms with E-state index < -0.39 is 0 Å². The van der Waals surface area contributed by atoms with Gasteiger partial charge in [0.15, 0.2) is 0 Å². The van der Waals surface area contributed by atoms with Crippen LogP contribution in [0.2, 0.25) is 0 Å². The molecule has 0 aliphatic carbocycles. The maximum Gasteiger partial charge on any atom is 0.0434 e. The Labute approximate surface area is 73.6 Å². The fraction of sp³-hybridized carbons (Fsp3) is 0.333. The monoisotopic (exact) mass is 170 g/mol. The van der Waals surface area contributed by atoms with E-state index in [1.807, 2.05) is 18.2 Å². The third-order valence-corrected chi connectivity index (χ3v) is 1.47. The van der Waals surface area contributed by atoms with Crippen LogP contribution in [0.15, 0.2) is 30.3 Å². The van der Waals surface area contributed by atoms with Gasteiger partial charge in [-0.2, -0.15) is 0 Å². The van der Waals surface area contributed by atoms with E-state index in [2.05, 4.69) is 12.1 Å². The summed E-state index contributed by atoms with van der Waals surface area (Å²) >= 11 is 0. The molecule has 3 heteroatoms. The summed E-state index contributed by atoms with van der Waals surface area (Å²) in [7, 11) is 0. The van der Waals surface area contributed by atoms with Crippen molar-refractivity contribution in [2.45, 2.75) is 12.8 Å². The minimum absolute atomic E-state index is 0. The van der Waals surface area contributed by atoms with Gasteiger partial charge >= 0.3 is 0 Å². The SMILES string of the molecule is N.N.OCCCc1ccccc1. The standard InChI is InChI=1S/C9H12O.2H3N/c10-8-4-7-9-5-2-1-3-6-9;;/h1-3,5-6,10H,4,7-8H2;2*1H3. The van der Waals surface area contributed by atoms with E-state index in [1.165, 1.54) is 5.56 Å². The molecule has 1 aromatic rings. The van der Waals surface area contributed by atoms with Crippen molar-refractivity contribution in [3.63, 3.8) is 0 Å². The van der Waals surface area contributed by atoms with Crippen molar-refractivity contribution in [3.8, 4) is 0 Å². The van der Waals surface area contributed by atoms with Crippen molar-refractivity contribution in [1.82, 2.24) is 12.3 Å². The second kappa shape index (κ2) is 8.20. The summed E-state index contributed by atoms with van der Waals surface area (Å²) in [5.41, 5.74) is 1.30. The zero-order valence-electron chi connectivity index (χ0n) is 7.37. The summed E-state index contributed by atoms with van der Waals surface area (Å²) in [5, 5.41) is 8.53. The fourth-order valence-corrected chi connectivity index (χ4v) is 0.928. The Balaban J connectivity index is 0. The largest absolute Gasteiger partial charge is 0.396 e. The predicted octanol–water partition coefficient (Wildman–Crippen LogP) is 1.94. The topological polar surface area (TPSA) is 90.2 Å². The van der Waals surface area contributed by atoms with E-state index in [4.69, 9.17) is 5.11 Å². The van der Waals surface area contributed by atoms with Crippen LogP contribution in [0.4, 0.5) is 0 Å². The van der Waals surface area contributed by atoms with Crippen LogP contribution < -0.4 is 12.3 Å². The first-order valence-electron chi connectivity index (χ1n) is 3.58. The predicted molar refractivity (Wildman–Crippen MR) is 51.9 cm³/mol. The highest BCUT2D eigenvalue weighted by atomic mass is 16.2. The molecule has 0 saturated carbocycles. The minimum Gasteiger partial charge on any atom is -0.396 e. The van der Waals surface area contributed by atoms with E-state index in [0.29, 0.717) is 0 Å². The van der Waals surface area contributed by atoms with E-state index in [0.717, 1.165) is 12.8 Å². The first-order chi connectivity index (χ1) is 4.93. The van der Waals surface area contributed by atoms with Crippen molar-refractivity contribution < 1.29 is 5.11 Å². The van der Waals surface area contributed by atoms with Gasteiger partial charge in [-0.1, -0.05) is 30.3 Å². The number of benzene rings is 1. The summed E-state index contributed by atoms with van der Waals surface area (Å²) in [6.45, 7) is 0.287. The summed E-state index contributed by atoms with van der Waals surface area (Å²) in [5.74, 6) is 0. The van der Waals surface area contributed by atoms with Crippen molar-refractivity contribution in [2.24, 2.45) is 0 Å². The van der Waals surface area contributed by atoms with Gasteiger partial charge in [-0.25, -0.2) is 0 Å². The van der Waals surface area contributed by atoms with Crippen molar-refractivity contribution in [1.29, 1.82) is 0 Å². The first kappa shape index (κ1) is 13.7. The molecule has 0 fully saturated rings. The average Bonchev–Trinajstić information content (AvgIpc) is 2.03. The Morgan fingerprint density at radius 3 is 2.08 bits per heavy atom. The minimum atomic E-state index is 0. The van der Waals surface area contributed by atoms with E-state index in [1.54, 1.807) is 0 Å². The molecule has 70 valence electrons. The molecule has 0 amide bonds. The number of hydrogen-bond acceptors (Lipinski definition) is 3. The molecule has 0 heterocycles. The maximum atomic E-state index is 8.53. The number of aliphatic hydroxyl groups excluding tert-OH is 1. The normalized spacial score (nSPS) is 8.08. The molecule has 0 aromatic heterocycles. The highest BCUT2D eigenvalue weighted by Gasteiger charge is 1.87. The molecular weight excluding hydrogens is 152 g/mol. The van der Waals surface area contributed by atoms with Gasteiger partial charge in [0.1, 0.15) is 0 Å². The Kier molecular flexibility index (Phi) is 9.34. The maximum absolute atomic E-state index is 8.53. The summed E-state index contributed by atoms with van der Waals surface area (Å²) in [4.78, 5) is 0. The third kappa shape index (κ3) is 4.85. The van der Waals surface area contributed by atoms with Gasteiger partial charge < -0.3 is 17.4 Å². The number of rotatable bonds is 3. The third-order valence-electron chi connectivity index (χ3n) is 1.47. The van der Waals surface area contributed by atoms with Crippen LogP contribution in [-0.4, -0.2) is 11.7 Å². The molecule has 0 aliphatic heterocycles. The Bertz CT molecular complexity index is 177. The number of aryl methyl sites for hydroxylation is 1. The molecule has 0 radical (unpaired) electrons. The van der Waals surface area contributed by atoms with Crippen LogP contribution in [0.25, 0.3) is 0 Å². The zero-order chi connectivity index (χ0) is 7.23. The molecule has 3 nitrogen and oxygen atoms in total. The Morgan fingerprint density at radius 1 is 1.00 bits per heavy atom. The van der Waals surface area contributed by atoms with E-state index >= 15 is 0 Å². The first-order valence-corrected chi connectivity index (χ1v) is 3.58. The van der Waals surface area contributed by atoms with Gasteiger partial charge in [-0.3, -0.25) is 0 Å². The Hall–Kier alpha value is -0.900. The highest BCUT2D eigenvalue weighted by molar-refractivity contribution is 5.14. The van der Waals surface area contributed by atoms with Gasteiger partial charge in [0.05, 0.1) is 0 Å². The van der Waals surface area contributed by atoms with Gasteiger partial charge in [0, 0.05) is 6.61 Å². The summed E-state index contributed by atoms with van der Waals surface area (Å²) in [6, 6.07) is 10.2. The van der Waals surface area contributed by atoms with Crippen LogP contribution in [0.1, 0.15) is 12.0 Å². The van der Waals surface area contributed by atoms with Gasteiger partial charge in [0.25, 0.3) is 0 Å². The fourth-order valence-electron chi connectivity index (χ4n) is 0.928. The molecule has 1 rings (SSSR count). The van der Waals surface area contributed by atoms with Crippen molar-refractivity contribution in [2.75, 3.05) is 6.61 Å². The molecule has 0 aliphatic rings. The lowest BCUT2D eigenvalue weighted by atomic mass is 10.1. The van der Waals surface area contributed by atoms with E-state index in [9.17, 15) is 0 Å². The Morgan fingerprint density at radius 2 is 1.58 bits per heavy atom. The van der Waals surface area contributed by atoms with E-state index in [-0.39, 0.29) is 18.9 Å². The molecule has 1 aromatic carbocycles. The smallest absolute Gasteiger partial charge is 0.0434 e. The lowest BCUT2D eigenvalue weighted by Gasteiger charge is -1.96. The average molecular weight is 170 g/mol. The van der Waals surface area contributed by atoms with Crippen LogP contribution >= 0.6 is 0 Å². The molecule has 0 spiro atoms. The molecule has 0 bridgehead atoms. The summed E-state index contributed by atoms with van der Waals surface area (Å²) in [6.07, 6.45) is 1.85. The van der Waals surface area contributed by atoms with Crippen LogP contribution in [-0.2, 0) is 6.42 Å². The van der Waals surface area contributed by atoms with Gasteiger partial charge in [0.2, 0.25) is 0 Å². The lowest BCUT2D eigenvalue weighted by Crippen LogP contribution is -1.87. The molecule has 0 unspecified atom stereocenters. The van der Waals surface area contributed by atoms with Crippen LogP contribution in [0, 0.1) is 0 Å². The van der Waals surface area contributed by atoms with Crippen LogP contribution in [0.5, 0.6) is 0 Å². The summed E-state index contributed by atoms with van der Waals surface area (Å²) < 4.78 is 0. The number of aliphatic hydroxyl groups is 1. The quantitative estimate of drug-likeness (QED) is 0.647. The molecule has 7 N–H and O–H groups in total. The van der Waals surface area contributed by atoms with Crippen LogP contribution in [0.3, 0.4) is 0 Å². The lowest BCUT2D eigenvalue weighted by molar-refractivity contribution is 0.288. The van der Waals surface area contributed by atoms with Gasteiger partial charge in [-0.15, -0.1) is 0 Å². The van der Waals surface area contributed by atoms with Gasteiger partial charge in [-0.05, 0) is 18.4 Å². The molecule has 0 saturated heterocycles. The second-order valence-electron chi connectivity index (χ2n) is 2.31. The molecule has 12 heavy (non-hydrogen) atoms. The molecular formula is C9H18N2O. The highest BCUT2D eigenvalue weighted by Crippen LogP contribution is 2.00.